The molecule has 0 aliphatic carbocycles. The minimum absolute atomic E-state index is 0.0210. The van der Waals surface area contributed by atoms with Crippen molar-refractivity contribution in [2.24, 2.45) is 0 Å². The number of aryl methyl sites for hydroxylation is 1. The Morgan fingerprint density at radius 3 is 2.67 bits per heavy atom. The van der Waals surface area contributed by atoms with Crippen LogP contribution in [0.15, 0.2) is 50.8 Å². The smallest absolute Gasteiger partial charge is 0.408 e. The fourth-order valence-corrected chi connectivity index (χ4v) is 3.88. The summed E-state index contributed by atoms with van der Waals surface area (Å²) in [5, 5.41) is 0.0210. The highest BCUT2D eigenvalue weighted by molar-refractivity contribution is 7.89. The van der Waals surface area contributed by atoms with Crippen molar-refractivity contribution < 1.29 is 12.8 Å². The summed E-state index contributed by atoms with van der Waals surface area (Å²) in [6.45, 7) is 2.28. The van der Waals surface area contributed by atoms with Crippen LogP contribution in [0.25, 0.3) is 11.1 Å². The molecule has 24 heavy (non-hydrogen) atoms. The highest BCUT2D eigenvalue weighted by Gasteiger charge is 2.21. The molecule has 0 fully saturated rings. The van der Waals surface area contributed by atoms with E-state index in [1.54, 1.807) is 31.5 Å². The number of nitrogens with zero attached hydrogens (tertiary/aromatic N) is 2. The van der Waals surface area contributed by atoms with Gasteiger partial charge in [-0.3, -0.25) is 9.55 Å². The van der Waals surface area contributed by atoms with Crippen LogP contribution in [0.3, 0.4) is 0 Å². The molecule has 0 aliphatic rings. The summed E-state index contributed by atoms with van der Waals surface area (Å²) in [5.74, 6) is -0.553. The minimum atomic E-state index is -3.86. The third-order valence-corrected chi connectivity index (χ3v) is 5.41. The van der Waals surface area contributed by atoms with Gasteiger partial charge in [-0.1, -0.05) is 11.6 Å². The van der Waals surface area contributed by atoms with Crippen LogP contribution in [0.2, 0.25) is 5.02 Å². The van der Waals surface area contributed by atoms with Crippen molar-refractivity contribution in [3.05, 3.63) is 57.8 Å². The number of oxazole rings is 1. The van der Waals surface area contributed by atoms with Crippen molar-refractivity contribution in [1.82, 2.24) is 14.3 Å². The number of sulfonamides is 1. The lowest BCUT2D eigenvalue weighted by molar-refractivity contribution is 0.512. The topological polar surface area (TPSA) is 94.2 Å². The van der Waals surface area contributed by atoms with Gasteiger partial charge in [-0.15, -0.1) is 0 Å². The predicted molar refractivity (Wildman–Crippen MR) is 89.4 cm³/mol. The molecule has 3 rings (SSSR count). The minimum Gasteiger partial charge on any atom is -0.408 e. The maximum atomic E-state index is 12.5. The van der Waals surface area contributed by atoms with Gasteiger partial charge in [0.05, 0.1) is 10.5 Å². The maximum absolute atomic E-state index is 12.5. The number of pyridine rings is 1. The van der Waals surface area contributed by atoms with E-state index in [1.165, 1.54) is 16.7 Å². The number of aromatic nitrogens is 2. The van der Waals surface area contributed by atoms with Crippen LogP contribution in [0, 0.1) is 0 Å². The number of fused-ring (bicyclic) bond motifs is 1. The third kappa shape index (κ3) is 3.08. The van der Waals surface area contributed by atoms with Crippen LogP contribution in [0.4, 0.5) is 0 Å². The van der Waals surface area contributed by atoms with E-state index in [4.69, 9.17) is 16.0 Å². The summed E-state index contributed by atoms with van der Waals surface area (Å²) < 4.78 is 33.9. The quantitative estimate of drug-likeness (QED) is 0.745. The molecule has 7 nitrogen and oxygen atoms in total. The third-order valence-electron chi connectivity index (χ3n) is 3.54. The van der Waals surface area contributed by atoms with Gasteiger partial charge in [-0.05, 0) is 30.7 Å². The van der Waals surface area contributed by atoms with Crippen molar-refractivity contribution in [1.29, 1.82) is 0 Å². The molecule has 0 bridgehead atoms. The summed E-state index contributed by atoms with van der Waals surface area (Å²) in [4.78, 5) is 15.5. The lowest BCUT2D eigenvalue weighted by Gasteiger charge is -2.08. The van der Waals surface area contributed by atoms with Crippen LogP contribution in [-0.2, 0) is 23.1 Å². The first kappa shape index (κ1) is 16.7. The monoisotopic (exact) mass is 367 g/mol. The lowest BCUT2D eigenvalue weighted by Crippen LogP contribution is -2.23. The normalized spacial score (nSPS) is 11.9. The molecule has 0 radical (unpaired) electrons. The average Bonchev–Trinajstić information content (AvgIpc) is 2.87. The predicted octanol–water partition coefficient (Wildman–Crippen LogP) is 2.14. The van der Waals surface area contributed by atoms with Gasteiger partial charge >= 0.3 is 5.76 Å². The van der Waals surface area contributed by atoms with E-state index in [0.29, 0.717) is 12.1 Å². The second kappa shape index (κ2) is 6.39. The number of nitrogens with one attached hydrogen (secondary N) is 1. The van der Waals surface area contributed by atoms with Crippen LogP contribution in [-0.4, -0.2) is 18.0 Å². The summed E-state index contributed by atoms with van der Waals surface area (Å²) in [6.07, 6.45) is 3.15. The molecular formula is C15H14ClN3O4S. The molecule has 3 aromatic rings. The van der Waals surface area contributed by atoms with Crippen LogP contribution in [0.5, 0.6) is 0 Å². The van der Waals surface area contributed by atoms with Crippen molar-refractivity contribution in [3.63, 3.8) is 0 Å². The Morgan fingerprint density at radius 2 is 2.00 bits per heavy atom. The zero-order chi connectivity index (χ0) is 17.3. The SMILES string of the molecule is CCn1c(=O)oc2cc(S(=O)(=O)NCc3ccncc3)c(Cl)cc21. The highest BCUT2D eigenvalue weighted by Crippen LogP contribution is 2.27. The molecule has 0 saturated carbocycles. The van der Waals surface area contributed by atoms with Crippen LogP contribution < -0.4 is 10.5 Å². The van der Waals surface area contributed by atoms with E-state index < -0.39 is 15.8 Å². The van der Waals surface area contributed by atoms with E-state index in [9.17, 15) is 13.2 Å². The van der Waals surface area contributed by atoms with Gasteiger partial charge in [0.25, 0.3) is 0 Å². The van der Waals surface area contributed by atoms with E-state index in [1.807, 2.05) is 0 Å². The molecule has 0 spiro atoms. The largest absolute Gasteiger partial charge is 0.419 e. The van der Waals surface area contributed by atoms with Crippen LogP contribution in [0.1, 0.15) is 12.5 Å². The molecule has 2 heterocycles. The number of rotatable bonds is 5. The molecule has 2 aromatic heterocycles. The molecular weight excluding hydrogens is 354 g/mol. The van der Waals surface area contributed by atoms with Gasteiger partial charge in [0, 0.05) is 31.5 Å². The van der Waals surface area contributed by atoms with Gasteiger partial charge in [-0.25, -0.2) is 17.9 Å². The molecule has 0 atom stereocenters. The summed E-state index contributed by atoms with van der Waals surface area (Å²) in [6, 6.07) is 6.09. The zero-order valence-corrected chi connectivity index (χ0v) is 14.3. The van der Waals surface area contributed by atoms with E-state index in [-0.39, 0.29) is 22.0 Å². The Kier molecular flexibility index (Phi) is 4.44. The second-order valence-electron chi connectivity index (χ2n) is 5.04. The van der Waals surface area contributed by atoms with Gasteiger partial charge in [0.1, 0.15) is 4.90 Å². The molecule has 0 amide bonds. The van der Waals surface area contributed by atoms with Gasteiger partial charge in [-0.2, -0.15) is 0 Å². The number of hydrogen-bond acceptors (Lipinski definition) is 5. The first-order valence-electron chi connectivity index (χ1n) is 7.14. The van der Waals surface area contributed by atoms with E-state index in [0.717, 1.165) is 5.56 Å². The fourth-order valence-electron chi connectivity index (χ4n) is 2.33. The van der Waals surface area contributed by atoms with Crippen molar-refractivity contribution >= 4 is 32.7 Å². The first-order valence-corrected chi connectivity index (χ1v) is 9.00. The lowest BCUT2D eigenvalue weighted by atomic mass is 10.3. The Labute approximate surface area is 142 Å². The van der Waals surface area contributed by atoms with Crippen molar-refractivity contribution in [2.45, 2.75) is 24.9 Å². The second-order valence-corrected chi connectivity index (χ2v) is 7.19. The Hall–Kier alpha value is -2.16. The molecule has 1 N–H and O–H groups in total. The molecule has 126 valence electrons. The number of halogens is 1. The van der Waals surface area contributed by atoms with Gasteiger partial charge in [0.15, 0.2) is 5.58 Å². The first-order chi connectivity index (χ1) is 11.4. The maximum Gasteiger partial charge on any atom is 0.419 e. The molecule has 0 saturated heterocycles. The van der Waals surface area contributed by atoms with Crippen molar-refractivity contribution in [2.75, 3.05) is 0 Å². The Bertz CT molecular complexity index is 1040. The van der Waals surface area contributed by atoms with Crippen molar-refractivity contribution in [3.8, 4) is 0 Å². The van der Waals surface area contributed by atoms with Gasteiger partial charge < -0.3 is 4.42 Å². The summed E-state index contributed by atoms with van der Waals surface area (Å²) in [5.41, 5.74) is 1.39. The average molecular weight is 368 g/mol. The van der Waals surface area contributed by atoms with Crippen LogP contribution >= 0.6 is 11.6 Å². The zero-order valence-electron chi connectivity index (χ0n) is 12.7. The van der Waals surface area contributed by atoms with E-state index in [2.05, 4.69) is 9.71 Å². The Balaban J connectivity index is 1.98. The molecule has 9 heteroatoms. The van der Waals surface area contributed by atoms with E-state index >= 15 is 0 Å². The van der Waals surface area contributed by atoms with Gasteiger partial charge in [0.2, 0.25) is 10.0 Å². The summed E-state index contributed by atoms with van der Waals surface area (Å²) in [7, 11) is -3.86. The highest BCUT2D eigenvalue weighted by atomic mass is 35.5. The Morgan fingerprint density at radius 1 is 1.29 bits per heavy atom. The molecule has 1 aromatic carbocycles. The fraction of sp³-hybridized carbons (Fsp3) is 0.200. The number of benzene rings is 1. The summed E-state index contributed by atoms with van der Waals surface area (Å²) >= 11 is 6.12. The number of hydrogen-bond donors (Lipinski definition) is 1. The molecule has 0 aliphatic heterocycles. The molecule has 0 unspecified atom stereocenters. The standard InChI is InChI=1S/C15H14ClN3O4S/c1-2-19-12-7-11(16)14(8-13(12)23-15(19)20)24(21,22)18-9-10-3-5-17-6-4-10/h3-8,18H,2,9H2,1H3.